The summed E-state index contributed by atoms with van der Waals surface area (Å²) in [4.78, 5) is 4.90. The van der Waals surface area contributed by atoms with Crippen LogP contribution in [0.15, 0.2) is 35.7 Å². The highest BCUT2D eigenvalue weighted by Gasteiger charge is 2.20. The predicted octanol–water partition coefficient (Wildman–Crippen LogP) is 5.08. The highest BCUT2D eigenvalue weighted by molar-refractivity contribution is 7.13. The Bertz CT molecular complexity index is 907. The second-order valence-corrected chi connectivity index (χ2v) is 7.63. The van der Waals surface area contributed by atoms with Gasteiger partial charge in [0.2, 0.25) is 0 Å². The fourth-order valence-electron chi connectivity index (χ4n) is 3.68. The number of aromatic nitrogens is 2. The van der Waals surface area contributed by atoms with E-state index in [9.17, 15) is 0 Å². The zero-order valence-corrected chi connectivity index (χ0v) is 16.3. The average molecular weight is 369 g/mol. The van der Waals surface area contributed by atoms with E-state index < -0.39 is 0 Å². The van der Waals surface area contributed by atoms with Gasteiger partial charge in [0.1, 0.15) is 10.8 Å². The zero-order valence-electron chi connectivity index (χ0n) is 15.5. The Kier molecular flexibility index (Phi) is 4.83. The number of thiazole rings is 1. The summed E-state index contributed by atoms with van der Waals surface area (Å²) in [6.45, 7) is 6.17. The van der Waals surface area contributed by atoms with Crippen LogP contribution >= 0.6 is 11.3 Å². The van der Waals surface area contributed by atoms with Gasteiger partial charge in [0.25, 0.3) is 0 Å². The molecule has 0 radical (unpaired) electrons. The first-order valence-corrected chi connectivity index (χ1v) is 9.93. The average Bonchev–Trinajstić information content (AvgIpc) is 3.39. The van der Waals surface area contributed by atoms with E-state index in [4.69, 9.17) is 14.5 Å². The molecule has 136 valence electrons. The third kappa shape index (κ3) is 3.17. The Morgan fingerprint density at radius 3 is 2.88 bits per heavy atom. The van der Waals surface area contributed by atoms with Crippen LogP contribution in [0.4, 0.5) is 0 Å². The number of ether oxygens (including phenoxy) is 2. The Morgan fingerprint density at radius 2 is 2.12 bits per heavy atom. The number of benzene rings is 1. The van der Waals surface area contributed by atoms with Crippen LogP contribution in [-0.4, -0.2) is 29.4 Å². The SMILES string of the molecule is COc1ccccc1-c1nc(-c2cc(C)n(CC3CCCO3)c2C)cs1. The number of para-hydroxylation sites is 1. The van der Waals surface area contributed by atoms with E-state index in [1.54, 1.807) is 18.4 Å². The standard InChI is InChI=1S/C21H24N2O2S/c1-14-11-18(15(2)23(14)12-16-7-6-10-25-16)19-13-26-21(22-19)17-8-4-5-9-20(17)24-3/h4-5,8-9,11,13,16H,6-7,10,12H2,1-3H3. The zero-order chi connectivity index (χ0) is 18.1. The van der Waals surface area contributed by atoms with Crippen LogP contribution in [-0.2, 0) is 11.3 Å². The van der Waals surface area contributed by atoms with Crippen molar-refractivity contribution in [3.05, 3.63) is 47.1 Å². The minimum absolute atomic E-state index is 0.340. The van der Waals surface area contributed by atoms with Gasteiger partial charge in [-0.05, 0) is 44.9 Å². The van der Waals surface area contributed by atoms with E-state index in [-0.39, 0.29) is 0 Å². The molecule has 4 rings (SSSR count). The van der Waals surface area contributed by atoms with Crippen molar-refractivity contribution in [3.8, 4) is 27.6 Å². The Labute approximate surface area is 158 Å². The Balaban J connectivity index is 1.65. The molecule has 1 unspecified atom stereocenters. The van der Waals surface area contributed by atoms with E-state index in [1.165, 1.54) is 23.4 Å². The maximum Gasteiger partial charge on any atom is 0.129 e. The van der Waals surface area contributed by atoms with Gasteiger partial charge in [-0.3, -0.25) is 0 Å². The summed E-state index contributed by atoms with van der Waals surface area (Å²) in [6.07, 6.45) is 2.67. The molecule has 1 aromatic carbocycles. The first kappa shape index (κ1) is 17.3. The summed E-state index contributed by atoms with van der Waals surface area (Å²) in [5, 5.41) is 3.13. The molecular weight excluding hydrogens is 344 g/mol. The van der Waals surface area contributed by atoms with E-state index in [0.717, 1.165) is 41.6 Å². The number of hydrogen-bond donors (Lipinski definition) is 0. The fourth-order valence-corrected chi connectivity index (χ4v) is 4.53. The summed E-state index contributed by atoms with van der Waals surface area (Å²) in [6, 6.07) is 10.3. The third-order valence-corrected chi connectivity index (χ3v) is 5.98. The van der Waals surface area contributed by atoms with Crippen LogP contribution < -0.4 is 4.74 Å². The number of rotatable bonds is 5. The summed E-state index contributed by atoms with van der Waals surface area (Å²) in [5.41, 5.74) is 5.80. The molecule has 0 bridgehead atoms. The smallest absolute Gasteiger partial charge is 0.129 e. The lowest BCUT2D eigenvalue weighted by atomic mass is 10.2. The Hall–Kier alpha value is -2.11. The van der Waals surface area contributed by atoms with E-state index in [0.29, 0.717) is 6.10 Å². The highest BCUT2D eigenvalue weighted by atomic mass is 32.1. The Morgan fingerprint density at radius 1 is 1.27 bits per heavy atom. The van der Waals surface area contributed by atoms with Crippen LogP contribution in [0.25, 0.3) is 21.8 Å². The molecule has 1 fully saturated rings. The second kappa shape index (κ2) is 7.25. The van der Waals surface area contributed by atoms with Crippen molar-refractivity contribution in [1.82, 2.24) is 9.55 Å². The predicted molar refractivity (Wildman–Crippen MR) is 106 cm³/mol. The molecule has 0 saturated carbocycles. The van der Waals surface area contributed by atoms with E-state index in [2.05, 4.69) is 35.9 Å². The van der Waals surface area contributed by atoms with Gasteiger partial charge < -0.3 is 14.0 Å². The van der Waals surface area contributed by atoms with Gasteiger partial charge in [0.15, 0.2) is 0 Å². The highest BCUT2D eigenvalue weighted by Crippen LogP contribution is 2.36. The summed E-state index contributed by atoms with van der Waals surface area (Å²) in [7, 11) is 1.70. The number of methoxy groups -OCH3 is 1. The van der Waals surface area contributed by atoms with Gasteiger partial charge in [-0.1, -0.05) is 12.1 Å². The molecule has 4 nitrogen and oxygen atoms in total. The maximum atomic E-state index is 5.82. The monoisotopic (exact) mass is 368 g/mol. The van der Waals surface area contributed by atoms with Gasteiger partial charge in [-0.25, -0.2) is 4.98 Å². The summed E-state index contributed by atoms with van der Waals surface area (Å²) < 4.78 is 13.7. The van der Waals surface area contributed by atoms with Gasteiger partial charge in [-0.15, -0.1) is 11.3 Å². The van der Waals surface area contributed by atoms with Gasteiger partial charge in [0.05, 0.1) is 24.5 Å². The molecule has 1 aliphatic rings. The molecule has 1 saturated heterocycles. The minimum atomic E-state index is 0.340. The van der Waals surface area contributed by atoms with Crippen LogP contribution in [0, 0.1) is 13.8 Å². The number of nitrogens with zero attached hydrogens (tertiary/aromatic N) is 2. The molecule has 1 aliphatic heterocycles. The van der Waals surface area contributed by atoms with Crippen LogP contribution in [0.2, 0.25) is 0 Å². The van der Waals surface area contributed by atoms with Crippen LogP contribution in [0.1, 0.15) is 24.2 Å². The van der Waals surface area contributed by atoms with Crippen molar-refractivity contribution in [3.63, 3.8) is 0 Å². The molecular formula is C21H24N2O2S. The first-order valence-electron chi connectivity index (χ1n) is 9.05. The lowest BCUT2D eigenvalue weighted by Crippen LogP contribution is -2.16. The minimum Gasteiger partial charge on any atom is -0.496 e. The van der Waals surface area contributed by atoms with Crippen molar-refractivity contribution >= 4 is 11.3 Å². The molecule has 0 amide bonds. The van der Waals surface area contributed by atoms with Crippen molar-refractivity contribution in [2.75, 3.05) is 13.7 Å². The molecule has 0 N–H and O–H groups in total. The molecule has 5 heteroatoms. The molecule has 3 aromatic rings. The number of hydrogen-bond acceptors (Lipinski definition) is 4. The topological polar surface area (TPSA) is 36.3 Å². The van der Waals surface area contributed by atoms with Crippen molar-refractivity contribution in [1.29, 1.82) is 0 Å². The molecule has 2 aromatic heterocycles. The molecule has 3 heterocycles. The normalized spacial score (nSPS) is 17.0. The van der Waals surface area contributed by atoms with E-state index >= 15 is 0 Å². The first-order chi connectivity index (χ1) is 12.7. The quantitative estimate of drug-likeness (QED) is 0.630. The van der Waals surface area contributed by atoms with Gasteiger partial charge >= 0.3 is 0 Å². The lowest BCUT2D eigenvalue weighted by Gasteiger charge is -2.14. The van der Waals surface area contributed by atoms with Gasteiger partial charge in [-0.2, -0.15) is 0 Å². The molecule has 0 spiro atoms. The number of aryl methyl sites for hydroxylation is 1. The second-order valence-electron chi connectivity index (χ2n) is 6.77. The molecule has 1 atom stereocenters. The molecule has 26 heavy (non-hydrogen) atoms. The lowest BCUT2D eigenvalue weighted by molar-refractivity contribution is 0.0962. The van der Waals surface area contributed by atoms with Gasteiger partial charge in [0, 0.05) is 35.5 Å². The third-order valence-electron chi connectivity index (χ3n) is 5.10. The molecule has 0 aliphatic carbocycles. The van der Waals surface area contributed by atoms with Crippen LogP contribution in [0.3, 0.4) is 0 Å². The largest absolute Gasteiger partial charge is 0.496 e. The van der Waals surface area contributed by atoms with Crippen molar-refractivity contribution in [2.24, 2.45) is 0 Å². The van der Waals surface area contributed by atoms with Crippen molar-refractivity contribution in [2.45, 2.75) is 39.3 Å². The summed E-state index contributed by atoms with van der Waals surface area (Å²) >= 11 is 1.66. The van der Waals surface area contributed by atoms with Crippen LogP contribution in [0.5, 0.6) is 5.75 Å². The maximum absolute atomic E-state index is 5.82. The van der Waals surface area contributed by atoms with E-state index in [1.807, 2.05) is 18.2 Å². The fraction of sp³-hybridized carbons (Fsp3) is 0.381. The van der Waals surface area contributed by atoms with Crippen molar-refractivity contribution < 1.29 is 9.47 Å². The summed E-state index contributed by atoms with van der Waals surface area (Å²) in [5.74, 6) is 0.859.